The molecule has 2 aromatic heterocycles. The smallest absolute Gasteiger partial charge is 0.382 e. The fourth-order valence-corrected chi connectivity index (χ4v) is 2.01. The number of hydrogen-bond donors (Lipinski definition) is 1. The average Bonchev–Trinajstić information content (AvgIpc) is 2.73. The molecule has 0 saturated heterocycles. The number of nitrogens with two attached hydrogens (primary N) is 1. The van der Waals surface area contributed by atoms with Gasteiger partial charge in [-0.2, -0.15) is 18.2 Å². The SMILES string of the molecule is Nc1nc2ncccn2c1-c1ccc(C(F)(F)F)cc1. The summed E-state index contributed by atoms with van der Waals surface area (Å²) in [4.78, 5) is 8.10. The lowest BCUT2D eigenvalue weighted by molar-refractivity contribution is -0.137. The maximum absolute atomic E-state index is 12.5. The van der Waals surface area contributed by atoms with Crippen LogP contribution < -0.4 is 5.73 Å². The minimum absolute atomic E-state index is 0.225. The van der Waals surface area contributed by atoms with Gasteiger partial charge in [-0.15, -0.1) is 0 Å². The van der Waals surface area contributed by atoms with Crippen LogP contribution >= 0.6 is 0 Å². The van der Waals surface area contributed by atoms with E-state index in [1.165, 1.54) is 12.1 Å². The molecule has 2 N–H and O–H groups in total. The topological polar surface area (TPSA) is 56.2 Å². The van der Waals surface area contributed by atoms with E-state index in [0.29, 0.717) is 17.0 Å². The molecule has 0 bridgehead atoms. The second-order valence-corrected chi connectivity index (χ2v) is 4.21. The largest absolute Gasteiger partial charge is 0.416 e. The summed E-state index contributed by atoms with van der Waals surface area (Å²) in [6, 6.07) is 6.47. The van der Waals surface area contributed by atoms with E-state index in [1.807, 2.05) is 0 Å². The number of nitrogen functional groups attached to an aromatic ring is 1. The third kappa shape index (κ3) is 1.97. The molecule has 0 aliphatic heterocycles. The Bertz CT molecular complexity index is 759. The zero-order valence-corrected chi connectivity index (χ0v) is 10.1. The number of imidazole rings is 1. The summed E-state index contributed by atoms with van der Waals surface area (Å²) in [6.07, 6.45) is -1.08. The van der Waals surface area contributed by atoms with Crippen LogP contribution in [0.25, 0.3) is 17.0 Å². The fourth-order valence-electron chi connectivity index (χ4n) is 2.01. The van der Waals surface area contributed by atoms with Gasteiger partial charge in [0.2, 0.25) is 5.78 Å². The van der Waals surface area contributed by atoms with Crippen molar-refractivity contribution in [2.45, 2.75) is 6.18 Å². The van der Waals surface area contributed by atoms with Gasteiger partial charge in [-0.05, 0) is 18.2 Å². The van der Waals surface area contributed by atoms with E-state index < -0.39 is 11.7 Å². The van der Waals surface area contributed by atoms with Crippen molar-refractivity contribution < 1.29 is 13.2 Å². The normalized spacial score (nSPS) is 11.9. The Kier molecular flexibility index (Phi) is 2.63. The van der Waals surface area contributed by atoms with Crippen molar-refractivity contribution in [2.24, 2.45) is 0 Å². The van der Waals surface area contributed by atoms with Crippen LogP contribution in [0.15, 0.2) is 42.7 Å². The zero-order chi connectivity index (χ0) is 14.3. The van der Waals surface area contributed by atoms with Gasteiger partial charge in [0.05, 0.1) is 11.3 Å². The first kappa shape index (κ1) is 12.5. The lowest BCUT2D eigenvalue weighted by Crippen LogP contribution is -2.04. The Labute approximate surface area is 111 Å². The van der Waals surface area contributed by atoms with Gasteiger partial charge in [0, 0.05) is 18.0 Å². The second kappa shape index (κ2) is 4.22. The number of anilines is 1. The quantitative estimate of drug-likeness (QED) is 0.744. The molecule has 4 nitrogen and oxygen atoms in total. The first-order chi connectivity index (χ1) is 9.47. The van der Waals surface area contributed by atoms with Crippen LogP contribution in [0.3, 0.4) is 0 Å². The van der Waals surface area contributed by atoms with Gasteiger partial charge in [-0.25, -0.2) is 4.98 Å². The molecule has 0 radical (unpaired) electrons. The second-order valence-electron chi connectivity index (χ2n) is 4.21. The van der Waals surface area contributed by atoms with Gasteiger partial charge < -0.3 is 5.73 Å². The molecule has 20 heavy (non-hydrogen) atoms. The van der Waals surface area contributed by atoms with E-state index in [-0.39, 0.29) is 5.82 Å². The van der Waals surface area contributed by atoms with Crippen LogP contribution in [0.2, 0.25) is 0 Å². The molecule has 3 rings (SSSR count). The van der Waals surface area contributed by atoms with E-state index in [0.717, 1.165) is 12.1 Å². The lowest BCUT2D eigenvalue weighted by Gasteiger charge is -2.08. The summed E-state index contributed by atoms with van der Waals surface area (Å²) >= 11 is 0. The van der Waals surface area contributed by atoms with Crippen LogP contribution in [0, 0.1) is 0 Å². The van der Waals surface area contributed by atoms with Crippen molar-refractivity contribution >= 4 is 11.6 Å². The summed E-state index contributed by atoms with van der Waals surface area (Å²) in [6.45, 7) is 0. The fraction of sp³-hybridized carbons (Fsp3) is 0.0769. The van der Waals surface area contributed by atoms with Crippen molar-refractivity contribution in [2.75, 3.05) is 5.73 Å². The van der Waals surface area contributed by atoms with Gasteiger partial charge in [0.15, 0.2) is 5.82 Å². The molecule has 0 saturated carbocycles. The van der Waals surface area contributed by atoms with E-state index in [1.54, 1.807) is 22.9 Å². The number of fused-ring (bicyclic) bond motifs is 1. The van der Waals surface area contributed by atoms with Crippen LogP contribution in [0.1, 0.15) is 5.56 Å². The van der Waals surface area contributed by atoms with Crippen LogP contribution in [-0.4, -0.2) is 14.4 Å². The molecule has 1 aromatic carbocycles. The number of halogens is 3. The Morgan fingerprint density at radius 1 is 1.10 bits per heavy atom. The Morgan fingerprint density at radius 3 is 2.45 bits per heavy atom. The first-order valence-electron chi connectivity index (χ1n) is 5.73. The van der Waals surface area contributed by atoms with E-state index in [4.69, 9.17) is 5.73 Å². The predicted molar refractivity (Wildman–Crippen MR) is 67.8 cm³/mol. The maximum atomic E-state index is 12.5. The van der Waals surface area contributed by atoms with Crippen molar-refractivity contribution in [1.82, 2.24) is 14.4 Å². The molecule has 0 fully saturated rings. The number of rotatable bonds is 1. The molecule has 0 spiro atoms. The molecule has 0 amide bonds. The molecule has 0 aliphatic rings. The lowest BCUT2D eigenvalue weighted by atomic mass is 10.1. The summed E-state index contributed by atoms with van der Waals surface area (Å²) < 4.78 is 39.3. The van der Waals surface area contributed by atoms with E-state index >= 15 is 0 Å². The third-order valence-electron chi connectivity index (χ3n) is 2.92. The summed E-state index contributed by atoms with van der Waals surface area (Å²) in [5, 5.41) is 0. The van der Waals surface area contributed by atoms with Crippen molar-refractivity contribution in [1.29, 1.82) is 0 Å². The predicted octanol–water partition coefficient (Wildman–Crippen LogP) is 3.00. The monoisotopic (exact) mass is 278 g/mol. The molecule has 0 atom stereocenters. The summed E-state index contributed by atoms with van der Waals surface area (Å²) in [5.74, 6) is 0.628. The Morgan fingerprint density at radius 2 is 1.80 bits per heavy atom. The minimum atomic E-state index is -4.36. The van der Waals surface area contributed by atoms with E-state index in [9.17, 15) is 13.2 Å². The zero-order valence-electron chi connectivity index (χ0n) is 10.1. The highest BCUT2D eigenvalue weighted by Crippen LogP contribution is 2.32. The van der Waals surface area contributed by atoms with Crippen molar-refractivity contribution in [3.8, 4) is 11.3 Å². The highest BCUT2D eigenvalue weighted by Gasteiger charge is 2.30. The number of alkyl halides is 3. The number of benzene rings is 1. The first-order valence-corrected chi connectivity index (χ1v) is 5.73. The van der Waals surface area contributed by atoms with Crippen molar-refractivity contribution in [3.63, 3.8) is 0 Å². The van der Waals surface area contributed by atoms with Crippen molar-refractivity contribution in [3.05, 3.63) is 48.3 Å². The molecule has 2 heterocycles. The van der Waals surface area contributed by atoms with Gasteiger partial charge in [-0.3, -0.25) is 4.40 Å². The Balaban J connectivity index is 2.14. The molecule has 102 valence electrons. The molecule has 3 aromatic rings. The van der Waals surface area contributed by atoms with Crippen LogP contribution in [0.5, 0.6) is 0 Å². The van der Waals surface area contributed by atoms with Gasteiger partial charge in [0.25, 0.3) is 0 Å². The molecule has 7 heteroatoms. The van der Waals surface area contributed by atoms with Crippen LogP contribution in [0.4, 0.5) is 19.0 Å². The van der Waals surface area contributed by atoms with Gasteiger partial charge >= 0.3 is 6.18 Å². The highest BCUT2D eigenvalue weighted by molar-refractivity contribution is 5.74. The maximum Gasteiger partial charge on any atom is 0.416 e. The molecular formula is C13H9F3N4. The third-order valence-corrected chi connectivity index (χ3v) is 2.92. The highest BCUT2D eigenvalue weighted by atomic mass is 19.4. The molecule has 0 unspecified atom stereocenters. The minimum Gasteiger partial charge on any atom is -0.382 e. The van der Waals surface area contributed by atoms with Crippen LogP contribution in [-0.2, 0) is 6.18 Å². The average molecular weight is 278 g/mol. The number of hydrogen-bond acceptors (Lipinski definition) is 3. The number of aromatic nitrogens is 3. The Hall–Kier alpha value is -2.57. The molecule has 0 aliphatic carbocycles. The van der Waals surface area contributed by atoms with E-state index in [2.05, 4.69) is 9.97 Å². The van der Waals surface area contributed by atoms with Gasteiger partial charge in [0.1, 0.15) is 0 Å². The standard InChI is InChI=1S/C13H9F3N4/c14-13(15,16)9-4-2-8(3-5-9)10-11(17)19-12-18-6-1-7-20(10)12/h1-7H,17H2. The van der Waals surface area contributed by atoms with Gasteiger partial charge in [-0.1, -0.05) is 12.1 Å². The summed E-state index contributed by atoms with van der Waals surface area (Å²) in [7, 11) is 0. The molecular weight excluding hydrogens is 269 g/mol. The number of nitrogens with zero attached hydrogens (tertiary/aromatic N) is 3. The summed E-state index contributed by atoms with van der Waals surface area (Å²) in [5.41, 5.74) is 6.19.